The van der Waals surface area contributed by atoms with Crippen LogP contribution in [-0.4, -0.2) is 16.3 Å². The Kier molecular flexibility index (Phi) is 4.21. The van der Waals surface area contributed by atoms with Crippen LogP contribution in [0.1, 0.15) is 55.5 Å². The first-order valence-electron chi connectivity index (χ1n) is 7.68. The van der Waals surface area contributed by atoms with Crippen molar-refractivity contribution < 1.29 is 4.52 Å². The summed E-state index contributed by atoms with van der Waals surface area (Å²) in [5, 5.41) is 7.46. The Labute approximate surface area is 120 Å². The lowest BCUT2D eigenvalue weighted by atomic mass is 10.0. The number of hydrogen-bond acceptors (Lipinski definition) is 3. The fourth-order valence-electron chi connectivity index (χ4n) is 3.04. The molecule has 2 aromatic rings. The molecule has 2 heterocycles. The van der Waals surface area contributed by atoms with E-state index in [1.165, 1.54) is 43.2 Å². The summed E-state index contributed by atoms with van der Waals surface area (Å²) in [6.07, 6.45) is 12.5. The predicted octanol–water partition coefficient (Wildman–Crippen LogP) is 3.29. The second kappa shape index (κ2) is 6.27. The summed E-state index contributed by atoms with van der Waals surface area (Å²) >= 11 is 0. The van der Waals surface area contributed by atoms with E-state index in [4.69, 9.17) is 4.52 Å². The maximum absolute atomic E-state index is 5.20. The Morgan fingerprint density at radius 3 is 3.15 bits per heavy atom. The summed E-state index contributed by atoms with van der Waals surface area (Å²) in [6, 6.07) is 2.45. The molecule has 1 aliphatic rings. The van der Waals surface area contributed by atoms with Crippen molar-refractivity contribution in [2.24, 2.45) is 0 Å². The summed E-state index contributed by atoms with van der Waals surface area (Å²) in [6.45, 7) is 4.09. The lowest BCUT2D eigenvalue weighted by Crippen LogP contribution is -2.21. The van der Waals surface area contributed by atoms with E-state index in [2.05, 4.69) is 34.4 Å². The largest absolute Gasteiger partial charge is 0.359 e. The number of fused-ring (bicyclic) bond motifs is 1. The molecule has 0 aromatic carbocycles. The molecule has 1 aliphatic carbocycles. The summed E-state index contributed by atoms with van der Waals surface area (Å²) in [4.78, 5) is 0. The van der Waals surface area contributed by atoms with Crippen LogP contribution in [0.15, 0.2) is 29.2 Å². The molecule has 4 nitrogen and oxygen atoms in total. The van der Waals surface area contributed by atoms with Crippen molar-refractivity contribution in [1.29, 1.82) is 0 Å². The fraction of sp³-hybridized carbons (Fsp3) is 0.562. The Morgan fingerprint density at radius 1 is 1.40 bits per heavy atom. The first kappa shape index (κ1) is 13.4. The van der Waals surface area contributed by atoms with Crippen LogP contribution >= 0.6 is 0 Å². The first-order chi connectivity index (χ1) is 9.86. The molecule has 0 aliphatic heterocycles. The third-order valence-corrected chi connectivity index (χ3v) is 4.03. The van der Waals surface area contributed by atoms with Crippen LogP contribution in [0.3, 0.4) is 0 Å². The van der Waals surface area contributed by atoms with Gasteiger partial charge in [0, 0.05) is 24.5 Å². The van der Waals surface area contributed by atoms with Crippen molar-refractivity contribution in [1.82, 2.24) is 15.0 Å². The van der Waals surface area contributed by atoms with Crippen LogP contribution in [0.25, 0.3) is 0 Å². The minimum absolute atomic E-state index is 0.517. The van der Waals surface area contributed by atoms with Crippen molar-refractivity contribution in [3.05, 3.63) is 41.5 Å². The van der Waals surface area contributed by atoms with Gasteiger partial charge in [-0.3, -0.25) is 0 Å². The van der Waals surface area contributed by atoms with Crippen molar-refractivity contribution in [3.63, 3.8) is 0 Å². The van der Waals surface area contributed by atoms with Gasteiger partial charge in [0.05, 0.1) is 12.7 Å². The van der Waals surface area contributed by atoms with Crippen molar-refractivity contribution in [2.75, 3.05) is 6.54 Å². The van der Waals surface area contributed by atoms with Gasteiger partial charge in [-0.2, -0.15) is 0 Å². The first-order valence-corrected chi connectivity index (χ1v) is 7.68. The smallest absolute Gasteiger partial charge is 0.156 e. The van der Waals surface area contributed by atoms with Gasteiger partial charge in [-0.25, -0.2) is 0 Å². The molecule has 2 aromatic heterocycles. The molecule has 108 valence electrons. The molecule has 1 N–H and O–H groups in total. The monoisotopic (exact) mass is 273 g/mol. The average molecular weight is 273 g/mol. The zero-order valence-electron chi connectivity index (χ0n) is 12.1. The number of aryl methyl sites for hydroxylation is 1. The molecule has 0 fully saturated rings. The molecule has 0 saturated carbocycles. The van der Waals surface area contributed by atoms with Crippen LogP contribution in [0.5, 0.6) is 0 Å². The highest BCUT2D eigenvalue weighted by atomic mass is 16.5. The van der Waals surface area contributed by atoms with Gasteiger partial charge in [0.15, 0.2) is 5.76 Å². The molecule has 4 heteroatoms. The summed E-state index contributed by atoms with van der Waals surface area (Å²) in [5.74, 6) is 0.910. The van der Waals surface area contributed by atoms with E-state index in [1.54, 1.807) is 6.20 Å². The van der Waals surface area contributed by atoms with Gasteiger partial charge < -0.3 is 14.4 Å². The predicted molar refractivity (Wildman–Crippen MR) is 78.6 cm³/mol. The molecule has 1 unspecified atom stereocenters. The summed E-state index contributed by atoms with van der Waals surface area (Å²) in [7, 11) is 0. The second-order valence-corrected chi connectivity index (χ2v) is 5.64. The number of nitrogens with zero attached hydrogens (tertiary/aromatic N) is 2. The Bertz CT molecular complexity index is 530. The minimum atomic E-state index is 0.517. The number of aromatic nitrogens is 2. The maximum atomic E-state index is 5.20. The average Bonchev–Trinajstić information content (AvgIpc) is 3.05. The third kappa shape index (κ3) is 2.96. The molecule has 3 rings (SSSR count). The Hall–Kier alpha value is -1.55. The van der Waals surface area contributed by atoms with E-state index in [1.807, 2.05) is 6.07 Å². The topological polar surface area (TPSA) is 43.0 Å². The standard InChI is InChI=1S/C16H23N3O/c1-2-8-17-16-6-4-3-5-13-10-19(12-15(13)16)11-14-7-9-18-20-14/h7,9-10,12,16-17H,2-6,8,11H2,1H3. The third-order valence-electron chi connectivity index (χ3n) is 4.03. The van der Waals surface area contributed by atoms with Gasteiger partial charge in [-0.1, -0.05) is 18.5 Å². The van der Waals surface area contributed by atoms with Gasteiger partial charge in [-0.05, 0) is 43.4 Å². The van der Waals surface area contributed by atoms with Gasteiger partial charge in [0.2, 0.25) is 0 Å². The number of rotatable bonds is 5. The van der Waals surface area contributed by atoms with E-state index in [9.17, 15) is 0 Å². The van der Waals surface area contributed by atoms with Crippen molar-refractivity contribution in [3.8, 4) is 0 Å². The van der Waals surface area contributed by atoms with Crippen LogP contribution in [-0.2, 0) is 13.0 Å². The lowest BCUT2D eigenvalue weighted by Gasteiger charge is -2.16. The van der Waals surface area contributed by atoms with E-state index in [0.29, 0.717) is 6.04 Å². The minimum Gasteiger partial charge on any atom is -0.359 e. The van der Waals surface area contributed by atoms with E-state index < -0.39 is 0 Å². The number of hydrogen-bond donors (Lipinski definition) is 1. The van der Waals surface area contributed by atoms with Crippen LogP contribution in [0.2, 0.25) is 0 Å². The fourth-order valence-corrected chi connectivity index (χ4v) is 3.04. The van der Waals surface area contributed by atoms with Crippen molar-refractivity contribution in [2.45, 2.75) is 51.6 Å². The molecular weight excluding hydrogens is 250 g/mol. The van der Waals surface area contributed by atoms with Crippen LogP contribution in [0, 0.1) is 0 Å². The number of nitrogens with one attached hydrogen (secondary N) is 1. The van der Waals surface area contributed by atoms with Gasteiger partial charge >= 0.3 is 0 Å². The van der Waals surface area contributed by atoms with Gasteiger partial charge in [-0.15, -0.1) is 0 Å². The Morgan fingerprint density at radius 2 is 2.35 bits per heavy atom. The Balaban J connectivity index is 1.79. The molecule has 0 saturated heterocycles. The highest BCUT2D eigenvalue weighted by Gasteiger charge is 2.20. The van der Waals surface area contributed by atoms with E-state index in [-0.39, 0.29) is 0 Å². The highest BCUT2D eigenvalue weighted by Crippen LogP contribution is 2.29. The molecular formula is C16H23N3O. The summed E-state index contributed by atoms with van der Waals surface area (Å²) < 4.78 is 7.43. The maximum Gasteiger partial charge on any atom is 0.156 e. The van der Waals surface area contributed by atoms with Gasteiger partial charge in [0.1, 0.15) is 0 Å². The zero-order chi connectivity index (χ0) is 13.8. The zero-order valence-corrected chi connectivity index (χ0v) is 12.1. The van der Waals surface area contributed by atoms with E-state index >= 15 is 0 Å². The summed E-state index contributed by atoms with van der Waals surface area (Å²) in [5.41, 5.74) is 2.98. The quantitative estimate of drug-likeness (QED) is 0.850. The second-order valence-electron chi connectivity index (χ2n) is 5.64. The normalized spacial score (nSPS) is 18.8. The highest BCUT2D eigenvalue weighted by molar-refractivity contribution is 5.29. The molecule has 20 heavy (non-hydrogen) atoms. The SMILES string of the molecule is CCCNC1CCCCc2cn(Cc3ccno3)cc21. The molecule has 0 amide bonds. The van der Waals surface area contributed by atoms with Crippen molar-refractivity contribution >= 4 is 0 Å². The van der Waals surface area contributed by atoms with Gasteiger partial charge in [0.25, 0.3) is 0 Å². The molecule has 0 spiro atoms. The lowest BCUT2D eigenvalue weighted by molar-refractivity contribution is 0.376. The molecule has 0 radical (unpaired) electrons. The molecule has 0 bridgehead atoms. The van der Waals surface area contributed by atoms with E-state index in [0.717, 1.165) is 18.8 Å². The van der Waals surface area contributed by atoms with Crippen LogP contribution < -0.4 is 5.32 Å². The van der Waals surface area contributed by atoms with Crippen LogP contribution in [0.4, 0.5) is 0 Å². The molecule has 1 atom stereocenters.